The quantitative estimate of drug-likeness (QED) is 0.630. The Kier molecular flexibility index (Phi) is 4.53. The first-order valence-corrected chi connectivity index (χ1v) is 6.46. The van der Waals surface area contributed by atoms with E-state index in [0.717, 1.165) is 11.4 Å². The SMILES string of the molecule is COc1ccc(C(Cc2c(Cl)c(C)nn2C)NN)nn1. The molecule has 2 aromatic heterocycles. The molecule has 2 heterocycles. The van der Waals surface area contributed by atoms with E-state index in [0.29, 0.717) is 23.0 Å². The Bertz CT molecular complexity index is 582. The lowest BCUT2D eigenvalue weighted by atomic mass is 10.1. The summed E-state index contributed by atoms with van der Waals surface area (Å²) in [6.45, 7) is 1.86. The smallest absolute Gasteiger partial charge is 0.233 e. The predicted octanol–water partition coefficient (Wildman–Crippen LogP) is 0.928. The van der Waals surface area contributed by atoms with Gasteiger partial charge in [0.15, 0.2) is 0 Å². The van der Waals surface area contributed by atoms with Gasteiger partial charge in [-0.05, 0) is 13.0 Å². The zero-order valence-electron chi connectivity index (χ0n) is 11.6. The highest BCUT2D eigenvalue weighted by Crippen LogP contribution is 2.24. The maximum atomic E-state index is 6.24. The number of methoxy groups -OCH3 is 1. The summed E-state index contributed by atoms with van der Waals surface area (Å²) in [6, 6.07) is 3.34. The second kappa shape index (κ2) is 6.17. The minimum Gasteiger partial charge on any atom is -0.480 e. The molecule has 2 rings (SSSR count). The number of aryl methyl sites for hydroxylation is 2. The van der Waals surface area contributed by atoms with Crippen molar-refractivity contribution >= 4 is 11.6 Å². The zero-order valence-corrected chi connectivity index (χ0v) is 12.3. The normalized spacial score (nSPS) is 12.4. The van der Waals surface area contributed by atoms with E-state index in [1.54, 1.807) is 17.9 Å². The van der Waals surface area contributed by atoms with Crippen LogP contribution in [0.15, 0.2) is 12.1 Å². The number of ether oxygens (including phenoxy) is 1. The largest absolute Gasteiger partial charge is 0.480 e. The monoisotopic (exact) mass is 296 g/mol. The number of rotatable bonds is 5. The third kappa shape index (κ3) is 2.90. The maximum Gasteiger partial charge on any atom is 0.233 e. The molecule has 0 aliphatic heterocycles. The fraction of sp³-hybridized carbons (Fsp3) is 0.417. The molecular formula is C12H17ClN6O. The van der Waals surface area contributed by atoms with Crippen LogP contribution in [-0.2, 0) is 13.5 Å². The standard InChI is InChI=1S/C12H17ClN6O/c1-7-12(13)10(19(2)18-7)6-9(15-14)8-4-5-11(20-3)17-16-8/h4-5,9,15H,6,14H2,1-3H3. The molecule has 8 heteroatoms. The molecular weight excluding hydrogens is 280 g/mol. The Morgan fingerprint density at radius 1 is 1.45 bits per heavy atom. The van der Waals surface area contributed by atoms with Crippen LogP contribution in [0.25, 0.3) is 0 Å². The predicted molar refractivity (Wildman–Crippen MR) is 75.3 cm³/mol. The zero-order chi connectivity index (χ0) is 14.7. The molecule has 0 aromatic carbocycles. The molecule has 0 aliphatic rings. The molecule has 20 heavy (non-hydrogen) atoms. The van der Waals surface area contributed by atoms with Crippen LogP contribution in [0.4, 0.5) is 0 Å². The fourth-order valence-electron chi connectivity index (χ4n) is 1.97. The summed E-state index contributed by atoms with van der Waals surface area (Å²) in [7, 11) is 3.39. The molecule has 0 radical (unpaired) electrons. The molecule has 3 N–H and O–H groups in total. The second-order valence-corrected chi connectivity index (χ2v) is 4.77. The van der Waals surface area contributed by atoms with Crippen molar-refractivity contribution in [2.24, 2.45) is 12.9 Å². The van der Waals surface area contributed by atoms with Crippen LogP contribution in [0.5, 0.6) is 5.88 Å². The molecule has 0 bridgehead atoms. The van der Waals surface area contributed by atoms with Crippen molar-refractivity contribution in [1.82, 2.24) is 25.4 Å². The van der Waals surface area contributed by atoms with Crippen LogP contribution in [0.2, 0.25) is 5.02 Å². The Morgan fingerprint density at radius 2 is 2.20 bits per heavy atom. The third-order valence-electron chi connectivity index (χ3n) is 3.09. The van der Waals surface area contributed by atoms with E-state index in [9.17, 15) is 0 Å². The number of nitrogens with zero attached hydrogens (tertiary/aromatic N) is 4. The first-order valence-electron chi connectivity index (χ1n) is 6.08. The lowest BCUT2D eigenvalue weighted by Crippen LogP contribution is -2.31. The number of hydrogen-bond donors (Lipinski definition) is 2. The van der Waals surface area contributed by atoms with Crippen molar-refractivity contribution in [2.45, 2.75) is 19.4 Å². The average molecular weight is 297 g/mol. The van der Waals surface area contributed by atoms with Crippen LogP contribution < -0.4 is 16.0 Å². The van der Waals surface area contributed by atoms with Crippen molar-refractivity contribution in [2.75, 3.05) is 7.11 Å². The van der Waals surface area contributed by atoms with Gasteiger partial charge in [-0.2, -0.15) is 10.2 Å². The maximum absolute atomic E-state index is 6.24. The van der Waals surface area contributed by atoms with E-state index >= 15 is 0 Å². The van der Waals surface area contributed by atoms with Crippen molar-refractivity contribution in [1.29, 1.82) is 0 Å². The molecule has 0 saturated carbocycles. The summed E-state index contributed by atoms with van der Waals surface area (Å²) < 4.78 is 6.73. The molecule has 1 atom stereocenters. The van der Waals surface area contributed by atoms with E-state index in [-0.39, 0.29) is 6.04 Å². The molecule has 0 spiro atoms. The van der Waals surface area contributed by atoms with Crippen molar-refractivity contribution in [3.8, 4) is 5.88 Å². The lowest BCUT2D eigenvalue weighted by molar-refractivity contribution is 0.389. The molecule has 2 aromatic rings. The minimum absolute atomic E-state index is 0.208. The Labute approximate surface area is 122 Å². The summed E-state index contributed by atoms with van der Waals surface area (Å²) in [5, 5.41) is 13.0. The van der Waals surface area contributed by atoms with Gasteiger partial charge in [-0.1, -0.05) is 11.6 Å². The summed E-state index contributed by atoms with van der Waals surface area (Å²) in [5.74, 6) is 6.07. The van der Waals surface area contributed by atoms with E-state index < -0.39 is 0 Å². The summed E-state index contributed by atoms with van der Waals surface area (Å²) in [4.78, 5) is 0. The number of nitrogens with two attached hydrogens (primary N) is 1. The van der Waals surface area contributed by atoms with E-state index in [1.807, 2.05) is 20.0 Å². The summed E-state index contributed by atoms with van der Waals surface area (Å²) in [6.07, 6.45) is 0.563. The summed E-state index contributed by atoms with van der Waals surface area (Å²) >= 11 is 6.24. The highest BCUT2D eigenvalue weighted by molar-refractivity contribution is 6.31. The number of nitrogens with one attached hydrogen (secondary N) is 1. The van der Waals surface area contributed by atoms with Crippen LogP contribution >= 0.6 is 11.6 Å². The summed E-state index contributed by atoms with van der Waals surface area (Å²) in [5.41, 5.74) is 5.12. The third-order valence-corrected chi connectivity index (χ3v) is 3.58. The molecule has 0 amide bonds. The molecule has 0 aliphatic carbocycles. The topological polar surface area (TPSA) is 90.9 Å². The van der Waals surface area contributed by atoms with Gasteiger partial charge in [0.25, 0.3) is 0 Å². The van der Waals surface area contributed by atoms with Gasteiger partial charge in [-0.3, -0.25) is 16.0 Å². The molecule has 7 nitrogen and oxygen atoms in total. The van der Waals surface area contributed by atoms with E-state index in [1.165, 1.54) is 0 Å². The second-order valence-electron chi connectivity index (χ2n) is 4.39. The van der Waals surface area contributed by atoms with Crippen molar-refractivity contribution < 1.29 is 4.74 Å². The number of aromatic nitrogens is 4. The molecule has 1 unspecified atom stereocenters. The van der Waals surface area contributed by atoms with Gasteiger partial charge in [0.05, 0.1) is 35.3 Å². The first-order chi connectivity index (χ1) is 9.56. The Balaban J connectivity index is 2.23. The highest BCUT2D eigenvalue weighted by Gasteiger charge is 2.19. The minimum atomic E-state index is -0.208. The fourth-order valence-corrected chi connectivity index (χ4v) is 2.21. The van der Waals surface area contributed by atoms with Gasteiger partial charge in [0.1, 0.15) is 0 Å². The Hall–Kier alpha value is -1.70. The average Bonchev–Trinajstić information content (AvgIpc) is 2.70. The number of hydrazine groups is 1. The van der Waals surface area contributed by atoms with Crippen molar-refractivity contribution in [3.63, 3.8) is 0 Å². The molecule has 108 valence electrons. The van der Waals surface area contributed by atoms with Gasteiger partial charge >= 0.3 is 0 Å². The number of hydrogen-bond acceptors (Lipinski definition) is 6. The van der Waals surface area contributed by atoms with Crippen LogP contribution in [0.3, 0.4) is 0 Å². The van der Waals surface area contributed by atoms with Crippen LogP contribution in [0, 0.1) is 6.92 Å². The van der Waals surface area contributed by atoms with Crippen molar-refractivity contribution in [3.05, 3.63) is 34.2 Å². The van der Waals surface area contributed by atoms with Gasteiger partial charge in [-0.25, -0.2) is 0 Å². The van der Waals surface area contributed by atoms with Gasteiger partial charge in [0, 0.05) is 19.5 Å². The number of halogens is 1. The van der Waals surface area contributed by atoms with E-state index in [2.05, 4.69) is 20.7 Å². The van der Waals surface area contributed by atoms with Gasteiger partial charge in [0.2, 0.25) is 5.88 Å². The highest BCUT2D eigenvalue weighted by atomic mass is 35.5. The molecule has 0 fully saturated rings. The van der Waals surface area contributed by atoms with Gasteiger partial charge < -0.3 is 4.74 Å². The molecule has 0 saturated heterocycles. The first kappa shape index (κ1) is 14.7. The van der Waals surface area contributed by atoms with Gasteiger partial charge in [-0.15, -0.1) is 5.10 Å². The van der Waals surface area contributed by atoms with E-state index in [4.69, 9.17) is 22.2 Å². The Morgan fingerprint density at radius 3 is 2.65 bits per heavy atom. The lowest BCUT2D eigenvalue weighted by Gasteiger charge is -2.15. The van der Waals surface area contributed by atoms with Crippen LogP contribution in [-0.4, -0.2) is 27.1 Å². The van der Waals surface area contributed by atoms with Crippen LogP contribution in [0.1, 0.15) is 23.1 Å².